The molecule has 0 bridgehead atoms. The SMILES string of the molecule is O=C(c1ncccc1O)N1CCN([C@@H]2CCc3ccccc3C2)CC1. The summed E-state index contributed by atoms with van der Waals surface area (Å²) in [6, 6.07) is 12.4. The summed E-state index contributed by atoms with van der Waals surface area (Å²) < 4.78 is 0. The summed E-state index contributed by atoms with van der Waals surface area (Å²) in [4.78, 5) is 20.9. The number of nitrogens with zero attached hydrogens (tertiary/aromatic N) is 3. The maximum absolute atomic E-state index is 12.6. The minimum Gasteiger partial charge on any atom is -0.505 e. The molecule has 1 aliphatic heterocycles. The molecule has 5 heteroatoms. The molecule has 25 heavy (non-hydrogen) atoms. The molecule has 5 nitrogen and oxygen atoms in total. The molecule has 2 aliphatic rings. The minimum atomic E-state index is -0.174. The van der Waals surface area contributed by atoms with E-state index in [4.69, 9.17) is 0 Å². The number of hydrogen-bond donors (Lipinski definition) is 1. The van der Waals surface area contributed by atoms with Crippen molar-refractivity contribution in [2.75, 3.05) is 26.2 Å². The lowest BCUT2D eigenvalue weighted by molar-refractivity contribution is 0.0545. The molecule has 1 aromatic carbocycles. The van der Waals surface area contributed by atoms with Gasteiger partial charge in [-0.2, -0.15) is 0 Å². The van der Waals surface area contributed by atoms with Crippen LogP contribution in [0.3, 0.4) is 0 Å². The first-order valence-corrected chi connectivity index (χ1v) is 8.96. The number of rotatable bonds is 2. The van der Waals surface area contributed by atoms with Gasteiger partial charge in [-0.25, -0.2) is 4.98 Å². The summed E-state index contributed by atoms with van der Waals surface area (Å²) in [5.41, 5.74) is 3.11. The average molecular weight is 337 g/mol. The van der Waals surface area contributed by atoms with E-state index in [1.165, 1.54) is 23.6 Å². The Balaban J connectivity index is 1.38. The fourth-order valence-electron chi connectivity index (χ4n) is 3.99. The molecule has 1 aromatic heterocycles. The van der Waals surface area contributed by atoms with Crippen LogP contribution in [0.5, 0.6) is 5.75 Å². The van der Waals surface area contributed by atoms with E-state index in [2.05, 4.69) is 34.1 Å². The fourth-order valence-corrected chi connectivity index (χ4v) is 3.99. The summed E-state index contributed by atoms with van der Waals surface area (Å²) in [5, 5.41) is 9.84. The molecule has 0 saturated carbocycles. The van der Waals surface area contributed by atoms with Crippen LogP contribution in [0.25, 0.3) is 0 Å². The second kappa shape index (κ2) is 6.84. The second-order valence-electron chi connectivity index (χ2n) is 6.86. The first-order chi connectivity index (χ1) is 12.2. The third kappa shape index (κ3) is 3.24. The number of amides is 1. The highest BCUT2D eigenvalue weighted by Crippen LogP contribution is 2.25. The van der Waals surface area contributed by atoms with Gasteiger partial charge in [-0.15, -0.1) is 0 Å². The lowest BCUT2D eigenvalue weighted by Gasteiger charge is -2.41. The van der Waals surface area contributed by atoms with Crippen molar-refractivity contribution in [2.45, 2.75) is 25.3 Å². The van der Waals surface area contributed by atoms with Crippen LogP contribution in [-0.2, 0) is 12.8 Å². The van der Waals surface area contributed by atoms with Gasteiger partial charge in [-0.05, 0) is 42.5 Å². The quantitative estimate of drug-likeness (QED) is 0.912. The first kappa shape index (κ1) is 16.1. The number of aryl methyl sites for hydroxylation is 1. The highest BCUT2D eigenvalue weighted by atomic mass is 16.3. The summed E-state index contributed by atoms with van der Waals surface area (Å²) in [6.07, 6.45) is 4.97. The maximum Gasteiger partial charge on any atom is 0.276 e. The van der Waals surface area contributed by atoms with Crippen molar-refractivity contribution in [3.8, 4) is 5.75 Å². The summed E-state index contributed by atoms with van der Waals surface area (Å²) >= 11 is 0. The third-order valence-electron chi connectivity index (χ3n) is 5.43. The van der Waals surface area contributed by atoms with E-state index >= 15 is 0 Å². The van der Waals surface area contributed by atoms with Gasteiger partial charge >= 0.3 is 0 Å². The molecule has 0 radical (unpaired) electrons. The number of aromatic hydroxyl groups is 1. The van der Waals surface area contributed by atoms with Crippen molar-refractivity contribution in [3.63, 3.8) is 0 Å². The van der Waals surface area contributed by atoms with Gasteiger partial charge in [-0.3, -0.25) is 9.69 Å². The zero-order chi connectivity index (χ0) is 17.2. The zero-order valence-electron chi connectivity index (χ0n) is 14.3. The summed E-state index contributed by atoms with van der Waals surface area (Å²) in [6.45, 7) is 3.14. The van der Waals surface area contributed by atoms with Crippen molar-refractivity contribution in [1.82, 2.24) is 14.8 Å². The topological polar surface area (TPSA) is 56.7 Å². The van der Waals surface area contributed by atoms with Gasteiger partial charge in [0.1, 0.15) is 5.75 Å². The molecule has 1 amide bonds. The van der Waals surface area contributed by atoms with Crippen LogP contribution in [0.4, 0.5) is 0 Å². The Kier molecular flexibility index (Phi) is 4.40. The van der Waals surface area contributed by atoms with Crippen LogP contribution in [0.1, 0.15) is 28.0 Å². The molecule has 0 unspecified atom stereocenters. The van der Waals surface area contributed by atoms with Gasteiger partial charge in [-0.1, -0.05) is 24.3 Å². The van der Waals surface area contributed by atoms with Crippen LogP contribution < -0.4 is 0 Å². The number of aromatic nitrogens is 1. The number of piperazine rings is 1. The Hall–Kier alpha value is -2.40. The molecule has 4 rings (SSSR count). The Morgan fingerprint density at radius 3 is 2.56 bits per heavy atom. The molecule has 2 heterocycles. The molecule has 1 fully saturated rings. The molecule has 1 atom stereocenters. The first-order valence-electron chi connectivity index (χ1n) is 8.96. The van der Waals surface area contributed by atoms with Gasteiger partial charge in [0.15, 0.2) is 5.69 Å². The minimum absolute atomic E-state index is 0.0428. The molecule has 1 saturated heterocycles. The largest absolute Gasteiger partial charge is 0.505 e. The molecule has 2 aromatic rings. The second-order valence-corrected chi connectivity index (χ2v) is 6.86. The normalized spacial score (nSPS) is 21.0. The van der Waals surface area contributed by atoms with E-state index in [1.807, 2.05) is 0 Å². The van der Waals surface area contributed by atoms with Crippen molar-refractivity contribution >= 4 is 5.91 Å². The Morgan fingerprint density at radius 2 is 1.80 bits per heavy atom. The Bertz CT molecular complexity index is 769. The van der Waals surface area contributed by atoms with Gasteiger partial charge in [0.05, 0.1) is 0 Å². The van der Waals surface area contributed by atoms with Crippen molar-refractivity contribution in [3.05, 3.63) is 59.4 Å². The summed E-state index contributed by atoms with van der Waals surface area (Å²) in [5.74, 6) is -0.217. The molecule has 1 aliphatic carbocycles. The van der Waals surface area contributed by atoms with E-state index in [0.717, 1.165) is 25.9 Å². The van der Waals surface area contributed by atoms with Crippen molar-refractivity contribution < 1.29 is 9.90 Å². The molecule has 1 N–H and O–H groups in total. The lowest BCUT2D eigenvalue weighted by atomic mass is 9.87. The summed E-state index contributed by atoms with van der Waals surface area (Å²) in [7, 11) is 0. The van der Waals surface area contributed by atoms with Gasteiger partial charge < -0.3 is 10.0 Å². The third-order valence-corrected chi connectivity index (χ3v) is 5.43. The predicted octanol–water partition coefficient (Wildman–Crippen LogP) is 2.10. The van der Waals surface area contributed by atoms with E-state index in [-0.39, 0.29) is 17.4 Å². The maximum atomic E-state index is 12.6. The van der Waals surface area contributed by atoms with Crippen LogP contribution in [0, 0.1) is 0 Å². The van der Waals surface area contributed by atoms with Crippen molar-refractivity contribution in [1.29, 1.82) is 0 Å². The van der Waals surface area contributed by atoms with E-state index in [0.29, 0.717) is 19.1 Å². The molecular formula is C20H23N3O2. The average Bonchev–Trinajstić information content (AvgIpc) is 2.67. The predicted molar refractivity (Wildman–Crippen MR) is 95.6 cm³/mol. The van der Waals surface area contributed by atoms with E-state index in [9.17, 15) is 9.90 Å². The number of benzene rings is 1. The molecule has 0 spiro atoms. The Morgan fingerprint density at radius 1 is 1.04 bits per heavy atom. The van der Waals surface area contributed by atoms with Crippen LogP contribution in [-0.4, -0.2) is 58.0 Å². The van der Waals surface area contributed by atoms with Gasteiger partial charge in [0.2, 0.25) is 0 Å². The zero-order valence-corrected chi connectivity index (χ0v) is 14.3. The highest BCUT2D eigenvalue weighted by Gasteiger charge is 2.29. The fraction of sp³-hybridized carbons (Fsp3) is 0.400. The van der Waals surface area contributed by atoms with Crippen molar-refractivity contribution in [2.24, 2.45) is 0 Å². The van der Waals surface area contributed by atoms with Gasteiger partial charge in [0.25, 0.3) is 5.91 Å². The number of fused-ring (bicyclic) bond motifs is 1. The molecular weight excluding hydrogens is 314 g/mol. The van der Waals surface area contributed by atoms with Crippen LogP contribution >= 0.6 is 0 Å². The van der Waals surface area contributed by atoms with Crippen LogP contribution in [0.2, 0.25) is 0 Å². The van der Waals surface area contributed by atoms with Gasteiger partial charge in [0, 0.05) is 38.4 Å². The number of carbonyl (C=O) groups is 1. The lowest BCUT2D eigenvalue weighted by Crippen LogP contribution is -2.53. The standard InChI is InChI=1S/C20H23N3O2/c24-18-6-3-9-21-19(18)20(25)23-12-10-22(11-13-23)17-8-7-15-4-1-2-5-16(15)14-17/h1-6,9,17,24H,7-8,10-14H2/t17-/m1/s1. The number of carbonyl (C=O) groups excluding carboxylic acids is 1. The van der Waals surface area contributed by atoms with E-state index < -0.39 is 0 Å². The molecule has 130 valence electrons. The Labute approximate surface area is 147 Å². The number of pyridine rings is 1. The number of hydrogen-bond acceptors (Lipinski definition) is 4. The van der Waals surface area contributed by atoms with E-state index in [1.54, 1.807) is 17.2 Å². The monoisotopic (exact) mass is 337 g/mol. The smallest absolute Gasteiger partial charge is 0.276 e. The van der Waals surface area contributed by atoms with Crippen LogP contribution in [0.15, 0.2) is 42.6 Å². The highest BCUT2D eigenvalue weighted by molar-refractivity contribution is 5.94.